The lowest BCUT2D eigenvalue weighted by molar-refractivity contribution is 0.0218. The van der Waals surface area contributed by atoms with Gasteiger partial charge in [0.2, 0.25) is 0 Å². The average molecular weight is 559 g/mol. The minimum Gasteiger partial charge on any atom is -0.449 e. The quantitative estimate of drug-likeness (QED) is 0.225. The number of nitrogens with zero attached hydrogens (tertiary/aromatic N) is 1. The predicted molar refractivity (Wildman–Crippen MR) is 159 cm³/mol. The van der Waals surface area contributed by atoms with Crippen LogP contribution in [0.1, 0.15) is 63.5 Å². The van der Waals surface area contributed by atoms with Crippen LogP contribution in [0.3, 0.4) is 0 Å². The molecule has 2 unspecified atom stereocenters. The Morgan fingerprint density at radius 3 is 2.23 bits per heavy atom. The van der Waals surface area contributed by atoms with Crippen molar-refractivity contribution in [2.75, 3.05) is 13.2 Å². The van der Waals surface area contributed by atoms with Gasteiger partial charge in [0, 0.05) is 23.4 Å². The van der Waals surface area contributed by atoms with Crippen LogP contribution in [-0.4, -0.2) is 47.3 Å². The van der Waals surface area contributed by atoms with Gasteiger partial charge in [-0.05, 0) is 80.8 Å². The highest BCUT2D eigenvalue weighted by atomic mass is 32.2. The number of ether oxygens (including phenoxy) is 2. The number of carbonyl (C=O) groups is 2. The Hall–Kier alpha value is -3.45. The van der Waals surface area contributed by atoms with E-state index >= 15 is 0 Å². The summed E-state index contributed by atoms with van der Waals surface area (Å²) in [7, 11) is 0. The number of amides is 2. The molecule has 1 heterocycles. The van der Waals surface area contributed by atoms with Gasteiger partial charge in [0.15, 0.2) is 0 Å². The van der Waals surface area contributed by atoms with Crippen LogP contribution in [0.5, 0.6) is 0 Å². The minimum absolute atomic E-state index is 0.0132. The molecule has 0 saturated carbocycles. The molecular weight excluding hydrogens is 520 g/mol. The lowest BCUT2D eigenvalue weighted by Crippen LogP contribution is -2.41. The molecule has 1 aliphatic heterocycles. The second-order valence-corrected chi connectivity index (χ2v) is 12.7. The highest BCUT2D eigenvalue weighted by Crippen LogP contribution is 2.44. The highest BCUT2D eigenvalue weighted by Gasteiger charge is 2.33. The predicted octanol–water partition coefficient (Wildman–Crippen LogP) is 7.82. The molecule has 40 heavy (non-hydrogen) atoms. The van der Waals surface area contributed by atoms with Crippen molar-refractivity contribution < 1.29 is 19.1 Å². The molecule has 5 rings (SSSR count). The van der Waals surface area contributed by atoms with Crippen LogP contribution >= 0.6 is 11.8 Å². The van der Waals surface area contributed by atoms with E-state index in [1.165, 1.54) is 22.3 Å². The molecule has 2 aliphatic rings. The van der Waals surface area contributed by atoms with E-state index in [2.05, 4.69) is 29.6 Å². The van der Waals surface area contributed by atoms with Gasteiger partial charge in [0.05, 0.1) is 5.37 Å². The van der Waals surface area contributed by atoms with Crippen LogP contribution in [0.15, 0.2) is 83.8 Å². The van der Waals surface area contributed by atoms with Crippen molar-refractivity contribution in [2.45, 2.75) is 74.3 Å². The molecule has 0 bridgehead atoms. The number of alkyl carbamates (subject to hydrolysis) is 1. The third-order valence-electron chi connectivity index (χ3n) is 7.41. The van der Waals surface area contributed by atoms with Gasteiger partial charge in [-0.25, -0.2) is 9.59 Å². The Labute approximate surface area is 241 Å². The molecule has 0 aromatic heterocycles. The van der Waals surface area contributed by atoms with Crippen molar-refractivity contribution in [1.29, 1.82) is 0 Å². The van der Waals surface area contributed by atoms with Gasteiger partial charge in [-0.15, -0.1) is 11.8 Å². The first-order valence-corrected chi connectivity index (χ1v) is 15.0. The first-order chi connectivity index (χ1) is 19.3. The summed E-state index contributed by atoms with van der Waals surface area (Å²) >= 11 is 1.61. The Bertz CT molecular complexity index is 1280. The van der Waals surface area contributed by atoms with Gasteiger partial charge in [0.25, 0.3) is 0 Å². The lowest BCUT2D eigenvalue weighted by Gasteiger charge is -2.29. The van der Waals surface area contributed by atoms with E-state index in [1.54, 1.807) is 11.8 Å². The number of likely N-dealkylation sites (tertiary alicyclic amines) is 1. The summed E-state index contributed by atoms with van der Waals surface area (Å²) in [6.45, 7) is 6.65. The van der Waals surface area contributed by atoms with Gasteiger partial charge in [-0.1, -0.05) is 66.7 Å². The van der Waals surface area contributed by atoms with Gasteiger partial charge in [0.1, 0.15) is 12.2 Å². The number of thioether (sulfide) groups is 1. The zero-order chi connectivity index (χ0) is 28.1. The summed E-state index contributed by atoms with van der Waals surface area (Å²) < 4.78 is 11.5. The van der Waals surface area contributed by atoms with Crippen molar-refractivity contribution >= 4 is 23.9 Å². The Morgan fingerprint density at radius 1 is 0.950 bits per heavy atom. The minimum atomic E-state index is -0.526. The summed E-state index contributed by atoms with van der Waals surface area (Å²) in [6, 6.07) is 26.8. The maximum Gasteiger partial charge on any atom is 0.410 e. The number of benzene rings is 3. The third kappa shape index (κ3) is 6.81. The maximum atomic E-state index is 13.1. The summed E-state index contributed by atoms with van der Waals surface area (Å²) in [5, 5.41) is 2.92. The molecular formula is C33H38N2O4S. The first-order valence-electron chi connectivity index (χ1n) is 14.1. The van der Waals surface area contributed by atoms with Crippen molar-refractivity contribution in [2.24, 2.45) is 0 Å². The zero-order valence-electron chi connectivity index (χ0n) is 23.5. The van der Waals surface area contributed by atoms with Crippen LogP contribution in [0, 0.1) is 0 Å². The van der Waals surface area contributed by atoms with Crippen molar-refractivity contribution in [1.82, 2.24) is 10.2 Å². The molecule has 1 fully saturated rings. The van der Waals surface area contributed by atoms with E-state index < -0.39 is 11.7 Å². The fraction of sp³-hybridized carbons (Fsp3) is 0.394. The molecule has 2 atom stereocenters. The second-order valence-electron chi connectivity index (χ2n) is 11.4. The number of nitrogens with one attached hydrogen (secondary N) is 1. The summed E-state index contributed by atoms with van der Waals surface area (Å²) in [6.07, 6.45) is 2.69. The normalized spacial score (nSPS) is 17.2. The molecule has 2 amide bonds. The van der Waals surface area contributed by atoms with Crippen LogP contribution in [0.4, 0.5) is 9.59 Å². The van der Waals surface area contributed by atoms with E-state index in [0.29, 0.717) is 13.0 Å². The van der Waals surface area contributed by atoms with E-state index in [0.717, 1.165) is 24.2 Å². The topological polar surface area (TPSA) is 67.9 Å². The number of hydrogen-bond donors (Lipinski definition) is 1. The van der Waals surface area contributed by atoms with Gasteiger partial charge < -0.3 is 19.7 Å². The summed E-state index contributed by atoms with van der Waals surface area (Å²) in [5.74, 6) is 0.0132. The van der Waals surface area contributed by atoms with E-state index in [-0.39, 0.29) is 30.0 Å². The molecule has 210 valence electrons. The smallest absolute Gasteiger partial charge is 0.410 e. The zero-order valence-corrected chi connectivity index (χ0v) is 24.3. The monoisotopic (exact) mass is 558 g/mol. The van der Waals surface area contributed by atoms with E-state index in [4.69, 9.17) is 9.47 Å². The molecule has 0 spiro atoms. The Morgan fingerprint density at radius 2 is 1.57 bits per heavy atom. The SMILES string of the molecule is CC(C)(C)OC(=O)N1CCCC1CCC(NC(=O)OCC1c2ccccc2-c2ccccc21)Sc1ccccc1. The van der Waals surface area contributed by atoms with Crippen LogP contribution in [-0.2, 0) is 9.47 Å². The maximum absolute atomic E-state index is 13.1. The molecule has 1 N–H and O–H groups in total. The number of hydrogen-bond acceptors (Lipinski definition) is 5. The van der Waals surface area contributed by atoms with E-state index in [9.17, 15) is 9.59 Å². The number of fused-ring (bicyclic) bond motifs is 3. The molecule has 3 aromatic rings. The molecule has 6 nitrogen and oxygen atoms in total. The summed E-state index contributed by atoms with van der Waals surface area (Å²) in [5.41, 5.74) is 4.26. The lowest BCUT2D eigenvalue weighted by atomic mass is 9.98. The highest BCUT2D eigenvalue weighted by molar-refractivity contribution is 8.00. The van der Waals surface area contributed by atoms with E-state index in [1.807, 2.05) is 80.3 Å². The van der Waals surface area contributed by atoms with Crippen LogP contribution < -0.4 is 5.32 Å². The van der Waals surface area contributed by atoms with Gasteiger partial charge in [-0.2, -0.15) is 0 Å². The standard InChI is InChI=1S/C33H38N2O4S/c1-33(2,3)39-32(37)35-21-11-12-23(35)19-20-30(40-24-13-5-4-6-14-24)34-31(36)38-22-29-27-17-9-7-15-25(27)26-16-8-10-18-28(26)29/h4-10,13-18,23,29-30H,11-12,19-22H2,1-3H3,(H,34,36). The molecule has 1 saturated heterocycles. The number of rotatable bonds is 8. The Kier molecular flexibility index (Phi) is 8.69. The first kappa shape index (κ1) is 28.1. The van der Waals surface area contributed by atoms with Crippen molar-refractivity contribution in [3.8, 4) is 11.1 Å². The van der Waals surface area contributed by atoms with Gasteiger partial charge >= 0.3 is 12.2 Å². The van der Waals surface area contributed by atoms with Crippen molar-refractivity contribution in [3.05, 3.63) is 90.0 Å². The van der Waals surface area contributed by atoms with Crippen LogP contribution in [0.2, 0.25) is 0 Å². The fourth-order valence-electron chi connectivity index (χ4n) is 5.64. The third-order valence-corrected chi connectivity index (χ3v) is 8.59. The molecule has 7 heteroatoms. The van der Waals surface area contributed by atoms with Crippen LogP contribution in [0.25, 0.3) is 11.1 Å². The molecule has 1 aliphatic carbocycles. The fourth-order valence-corrected chi connectivity index (χ4v) is 6.69. The second kappa shape index (κ2) is 12.4. The number of carbonyl (C=O) groups excluding carboxylic acids is 2. The van der Waals surface area contributed by atoms with Gasteiger partial charge in [-0.3, -0.25) is 0 Å². The Balaban J connectivity index is 1.22. The largest absolute Gasteiger partial charge is 0.449 e. The molecule has 3 aromatic carbocycles. The van der Waals surface area contributed by atoms with Crippen molar-refractivity contribution in [3.63, 3.8) is 0 Å². The summed E-state index contributed by atoms with van der Waals surface area (Å²) in [4.78, 5) is 28.8. The average Bonchev–Trinajstić information content (AvgIpc) is 3.53. The molecule has 0 radical (unpaired) electrons.